The summed E-state index contributed by atoms with van der Waals surface area (Å²) in [6.45, 7) is 4.56. The van der Waals surface area contributed by atoms with Crippen molar-refractivity contribution >= 4 is 11.3 Å². The van der Waals surface area contributed by atoms with Crippen LogP contribution in [0.5, 0.6) is 0 Å². The molecule has 0 bridgehead atoms. The highest BCUT2D eigenvalue weighted by atomic mass is 32.1. The Labute approximate surface area is 65.1 Å². The number of rotatable bonds is 0. The van der Waals surface area contributed by atoms with Gasteiger partial charge in [-0.1, -0.05) is 13.8 Å². The average molecular weight is 153 g/mol. The summed E-state index contributed by atoms with van der Waals surface area (Å²) in [4.78, 5) is 5.87. The zero-order chi connectivity index (χ0) is 7.14. The van der Waals surface area contributed by atoms with E-state index in [1.807, 2.05) is 16.8 Å². The van der Waals surface area contributed by atoms with Gasteiger partial charge in [0.1, 0.15) is 0 Å². The predicted octanol–water partition coefficient (Wildman–Crippen LogP) is 2.75. The average Bonchev–Trinajstić information content (AvgIpc) is 2.39. The summed E-state index contributed by atoms with van der Waals surface area (Å²) in [6.07, 6.45) is 1.30. The van der Waals surface area contributed by atoms with Crippen molar-refractivity contribution in [2.45, 2.75) is 32.1 Å². The van der Waals surface area contributed by atoms with Crippen LogP contribution in [-0.2, 0) is 0 Å². The van der Waals surface area contributed by atoms with Crippen molar-refractivity contribution in [1.82, 2.24) is 4.98 Å². The molecule has 0 fully saturated rings. The zero-order valence-corrected chi connectivity index (χ0v) is 7.11. The summed E-state index contributed by atoms with van der Waals surface area (Å²) in [7, 11) is 0. The van der Waals surface area contributed by atoms with Crippen LogP contribution in [-0.4, -0.2) is 4.98 Å². The normalized spacial score (nSPS) is 30.6. The molecule has 1 aliphatic carbocycles. The van der Waals surface area contributed by atoms with Crippen LogP contribution in [0.1, 0.15) is 42.7 Å². The molecular weight excluding hydrogens is 142 g/mol. The topological polar surface area (TPSA) is 12.9 Å². The number of hydrogen-bond donors (Lipinski definition) is 0. The number of fused-ring (bicyclic) bond motifs is 1. The Morgan fingerprint density at radius 3 is 3.00 bits per heavy atom. The first-order valence-corrected chi connectivity index (χ1v) is 4.60. The molecule has 0 radical (unpaired) electrons. The molecule has 0 N–H and O–H groups in total. The fourth-order valence-corrected chi connectivity index (χ4v) is 2.73. The third-order valence-electron chi connectivity index (χ3n) is 2.25. The summed E-state index contributed by atoms with van der Waals surface area (Å²) in [5.41, 5.74) is 3.33. The lowest BCUT2D eigenvalue weighted by Gasteiger charge is -1.99. The lowest BCUT2D eigenvalue weighted by Crippen LogP contribution is -1.85. The summed E-state index contributed by atoms with van der Waals surface area (Å²) < 4.78 is 0. The number of hydrogen-bond acceptors (Lipinski definition) is 2. The summed E-state index contributed by atoms with van der Waals surface area (Å²) in [5, 5.41) is 0. The van der Waals surface area contributed by atoms with Gasteiger partial charge in [0, 0.05) is 10.8 Å². The largest absolute Gasteiger partial charge is 0.249 e. The van der Waals surface area contributed by atoms with E-state index in [-0.39, 0.29) is 0 Å². The van der Waals surface area contributed by atoms with Gasteiger partial charge in [-0.05, 0) is 12.3 Å². The number of aromatic nitrogens is 1. The maximum Gasteiger partial charge on any atom is 0.0797 e. The minimum atomic E-state index is 0.705. The molecule has 0 spiro atoms. The monoisotopic (exact) mass is 153 g/mol. The van der Waals surface area contributed by atoms with E-state index < -0.39 is 0 Å². The molecule has 0 saturated carbocycles. The number of nitrogens with zero attached hydrogens (tertiary/aromatic N) is 1. The minimum absolute atomic E-state index is 0.705. The van der Waals surface area contributed by atoms with E-state index in [4.69, 9.17) is 0 Å². The van der Waals surface area contributed by atoms with Crippen molar-refractivity contribution in [2.24, 2.45) is 0 Å². The van der Waals surface area contributed by atoms with E-state index in [2.05, 4.69) is 18.8 Å². The van der Waals surface area contributed by atoms with Crippen molar-refractivity contribution in [1.29, 1.82) is 0 Å². The fourth-order valence-electron chi connectivity index (χ4n) is 1.75. The van der Waals surface area contributed by atoms with Gasteiger partial charge in [0.2, 0.25) is 0 Å². The van der Waals surface area contributed by atoms with Crippen molar-refractivity contribution in [3.05, 3.63) is 16.1 Å². The Balaban J connectivity index is 2.48. The van der Waals surface area contributed by atoms with Crippen LogP contribution in [0.3, 0.4) is 0 Å². The molecule has 54 valence electrons. The van der Waals surface area contributed by atoms with Crippen molar-refractivity contribution < 1.29 is 0 Å². The summed E-state index contributed by atoms with van der Waals surface area (Å²) >= 11 is 1.81. The molecule has 1 aliphatic rings. The Morgan fingerprint density at radius 2 is 2.30 bits per heavy atom. The van der Waals surface area contributed by atoms with Crippen LogP contribution in [0.15, 0.2) is 5.51 Å². The fraction of sp³-hybridized carbons (Fsp3) is 0.625. The second-order valence-electron chi connectivity index (χ2n) is 3.14. The van der Waals surface area contributed by atoms with Crippen LogP contribution < -0.4 is 0 Å². The minimum Gasteiger partial charge on any atom is -0.249 e. The van der Waals surface area contributed by atoms with E-state index in [9.17, 15) is 0 Å². The summed E-state index contributed by atoms with van der Waals surface area (Å²) in [5.74, 6) is 1.47. The molecule has 10 heavy (non-hydrogen) atoms. The van der Waals surface area contributed by atoms with Gasteiger partial charge in [-0.15, -0.1) is 11.3 Å². The molecule has 1 aromatic heterocycles. The second kappa shape index (κ2) is 2.06. The predicted molar refractivity (Wildman–Crippen MR) is 43.6 cm³/mol. The van der Waals surface area contributed by atoms with Crippen LogP contribution in [0.25, 0.3) is 0 Å². The van der Waals surface area contributed by atoms with Gasteiger partial charge >= 0.3 is 0 Å². The first-order valence-electron chi connectivity index (χ1n) is 3.72. The molecule has 1 heterocycles. The van der Waals surface area contributed by atoms with Gasteiger partial charge in [-0.25, -0.2) is 4.98 Å². The lowest BCUT2D eigenvalue weighted by molar-refractivity contribution is 0.656. The molecule has 2 unspecified atom stereocenters. The third kappa shape index (κ3) is 0.717. The lowest BCUT2D eigenvalue weighted by atomic mass is 10.1. The van der Waals surface area contributed by atoms with Crippen molar-refractivity contribution in [3.63, 3.8) is 0 Å². The molecule has 1 aromatic rings. The standard InChI is InChI=1S/C8H11NS/c1-5-3-6(2)8-7(5)9-4-10-8/h4-6H,3H2,1-2H3. The second-order valence-corrected chi connectivity index (χ2v) is 4.03. The number of thiazole rings is 1. The van der Waals surface area contributed by atoms with Crippen LogP contribution in [0, 0.1) is 0 Å². The maximum atomic E-state index is 4.35. The van der Waals surface area contributed by atoms with Crippen molar-refractivity contribution in [3.8, 4) is 0 Å². The SMILES string of the molecule is CC1CC(C)c2scnc21. The Kier molecular flexibility index (Phi) is 1.31. The van der Waals surface area contributed by atoms with Gasteiger partial charge < -0.3 is 0 Å². The quantitative estimate of drug-likeness (QED) is 0.558. The smallest absolute Gasteiger partial charge is 0.0797 e. The van der Waals surface area contributed by atoms with Crippen molar-refractivity contribution in [2.75, 3.05) is 0 Å². The van der Waals surface area contributed by atoms with Crippen LogP contribution in [0.4, 0.5) is 0 Å². The third-order valence-corrected chi connectivity index (χ3v) is 3.32. The van der Waals surface area contributed by atoms with E-state index in [0.29, 0.717) is 5.92 Å². The molecule has 0 amide bonds. The summed E-state index contributed by atoms with van der Waals surface area (Å²) in [6, 6.07) is 0. The Bertz CT molecular complexity index is 219. The Hall–Kier alpha value is -0.370. The van der Waals surface area contributed by atoms with E-state index in [1.165, 1.54) is 17.0 Å². The molecule has 0 saturated heterocycles. The molecule has 2 heteroatoms. The Morgan fingerprint density at radius 1 is 1.50 bits per heavy atom. The van der Waals surface area contributed by atoms with Gasteiger partial charge in [0.05, 0.1) is 11.2 Å². The molecule has 1 nitrogen and oxygen atoms in total. The maximum absolute atomic E-state index is 4.35. The van der Waals surface area contributed by atoms with E-state index >= 15 is 0 Å². The van der Waals surface area contributed by atoms with Crippen LogP contribution >= 0.6 is 11.3 Å². The highest BCUT2D eigenvalue weighted by Crippen LogP contribution is 2.42. The molecule has 0 aliphatic heterocycles. The van der Waals surface area contributed by atoms with Crippen LogP contribution in [0.2, 0.25) is 0 Å². The molecule has 0 aromatic carbocycles. The van der Waals surface area contributed by atoms with Gasteiger partial charge in [-0.3, -0.25) is 0 Å². The zero-order valence-electron chi connectivity index (χ0n) is 6.29. The first kappa shape index (κ1) is 6.35. The first-order chi connectivity index (χ1) is 4.79. The van der Waals surface area contributed by atoms with E-state index in [0.717, 1.165) is 5.92 Å². The highest BCUT2D eigenvalue weighted by molar-refractivity contribution is 7.09. The molecule has 2 atom stereocenters. The highest BCUT2D eigenvalue weighted by Gasteiger charge is 2.27. The molecule has 2 rings (SSSR count). The van der Waals surface area contributed by atoms with Gasteiger partial charge in [0.15, 0.2) is 0 Å². The van der Waals surface area contributed by atoms with E-state index in [1.54, 1.807) is 0 Å². The van der Waals surface area contributed by atoms with Gasteiger partial charge in [0.25, 0.3) is 0 Å². The van der Waals surface area contributed by atoms with Gasteiger partial charge in [-0.2, -0.15) is 0 Å². The molecular formula is C8H11NS.